The third-order valence-corrected chi connectivity index (χ3v) is 4.22. The lowest BCUT2D eigenvalue weighted by Gasteiger charge is -2.13. The third kappa shape index (κ3) is 3.11. The number of nitrogens with one attached hydrogen (secondary N) is 1. The van der Waals surface area contributed by atoms with Gasteiger partial charge in [0.15, 0.2) is 9.84 Å². The van der Waals surface area contributed by atoms with Crippen molar-refractivity contribution in [1.82, 2.24) is 0 Å². The Morgan fingerprint density at radius 2 is 1.70 bits per heavy atom. The van der Waals surface area contributed by atoms with Crippen molar-refractivity contribution < 1.29 is 8.42 Å². The molecule has 0 amide bonds. The molecule has 0 atom stereocenters. The van der Waals surface area contributed by atoms with Crippen LogP contribution in [0, 0.1) is 13.8 Å². The molecule has 0 unspecified atom stereocenters. The van der Waals surface area contributed by atoms with E-state index in [1.807, 2.05) is 32.0 Å². The zero-order valence-corrected chi connectivity index (χ0v) is 12.6. The second-order valence-electron chi connectivity index (χ2n) is 4.96. The molecule has 2 aromatic rings. The van der Waals surface area contributed by atoms with E-state index < -0.39 is 9.84 Å². The number of benzene rings is 2. The Hall–Kier alpha value is -2.01. The van der Waals surface area contributed by atoms with E-state index in [1.165, 1.54) is 12.3 Å². The Bertz CT molecular complexity index is 752. The van der Waals surface area contributed by atoms with Gasteiger partial charge in [-0.05, 0) is 49.2 Å². The highest BCUT2D eigenvalue weighted by Gasteiger charge is 2.10. The zero-order valence-electron chi connectivity index (χ0n) is 11.8. The Balaban J connectivity index is 2.38. The van der Waals surface area contributed by atoms with Gasteiger partial charge in [0.05, 0.1) is 16.3 Å². The zero-order chi connectivity index (χ0) is 14.9. The lowest BCUT2D eigenvalue weighted by molar-refractivity contribution is 0.602. The minimum Gasteiger partial charge on any atom is -0.397 e. The number of rotatable bonds is 3. The second-order valence-corrected chi connectivity index (χ2v) is 6.98. The van der Waals surface area contributed by atoms with Crippen molar-refractivity contribution in [2.24, 2.45) is 0 Å². The van der Waals surface area contributed by atoms with Gasteiger partial charge in [0.1, 0.15) is 0 Å². The summed E-state index contributed by atoms with van der Waals surface area (Å²) in [4.78, 5) is 0.224. The molecular formula is C15H18N2O2S. The fourth-order valence-electron chi connectivity index (χ4n) is 1.90. The highest BCUT2D eigenvalue weighted by molar-refractivity contribution is 7.90. The lowest BCUT2D eigenvalue weighted by atomic mass is 10.1. The minimum absolute atomic E-state index is 0.224. The van der Waals surface area contributed by atoms with Crippen LogP contribution in [0.3, 0.4) is 0 Å². The fraction of sp³-hybridized carbons (Fsp3) is 0.200. The monoisotopic (exact) mass is 290 g/mol. The van der Waals surface area contributed by atoms with Gasteiger partial charge in [-0.2, -0.15) is 0 Å². The first-order valence-electron chi connectivity index (χ1n) is 6.21. The first kappa shape index (κ1) is 14.4. The van der Waals surface area contributed by atoms with Crippen molar-refractivity contribution in [3.8, 4) is 0 Å². The van der Waals surface area contributed by atoms with Gasteiger partial charge in [0.2, 0.25) is 0 Å². The molecule has 0 heterocycles. The predicted octanol–water partition coefficient (Wildman–Crippen LogP) is 3.03. The molecule has 0 bridgehead atoms. The third-order valence-electron chi connectivity index (χ3n) is 3.11. The van der Waals surface area contributed by atoms with Crippen LogP contribution in [0.1, 0.15) is 11.1 Å². The number of hydrogen-bond acceptors (Lipinski definition) is 4. The Morgan fingerprint density at radius 3 is 2.30 bits per heavy atom. The normalized spacial score (nSPS) is 11.3. The summed E-state index contributed by atoms with van der Waals surface area (Å²) in [6, 6.07) is 10.8. The molecule has 0 spiro atoms. The predicted molar refractivity (Wildman–Crippen MR) is 83.2 cm³/mol. The Morgan fingerprint density at radius 1 is 1.00 bits per heavy atom. The van der Waals surface area contributed by atoms with E-state index in [-0.39, 0.29) is 4.90 Å². The molecule has 0 aliphatic carbocycles. The van der Waals surface area contributed by atoms with Crippen LogP contribution in [-0.4, -0.2) is 14.7 Å². The van der Waals surface area contributed by atoms with Crippen LogP contribution in [0.15, 0.2) is 41.3 Å². The molecule has 4 nitrogen and oxygen atoms in total. The number of nitrogens with two attached hydrogens (primary N) is 1. The summed E-state index contributed by atoms with van der Waals surface area (Å²) in [6.45, 7) is 4.02. The molecule has 20 heavy (non-hydrogen) atoms. The van der Waals surface area contributed by atoms with Gasteiger partial charge in [-0.15, -0.1) is 0 Å². The lowest BCUT2D eigenvalue weighted by Crippen LogP contribution is -2.02. The Kier molecular flexibility index (Phi) is 3.72. The van der Waals surface area contributed by atoms with Crippen LogP contribution in [-0.2, 0) is 9.84 Å². The van der Waals surface area contributed by atoms with Crippen LogP contribution >= 0.6 is 0 Å². The molecule has 0 aliphatic rings. The topological polar surface area (TPSA) is 72.2 Å². The average molecular weight is 290 g/mol. The number of anilines is 3. The summed E-state index contributed by atoms with van der Waals surface area (Å²) in [6.07, 6.45) is 1.17. The molecule has 0 fully saturated rings. The van der Waals surface area contributed by atoms with E-state index in [0.717, 1.165) is 16.8 Å². The molecule has 0 saturated carbocycles. The number of hydrogen-bond donors (Lipinski definition) is 2. The Labute approximate surface area is 119 Å². The van der Waals surface area contributed by atoms with Crippen LogP contribution in [0.2, 0.25) is 0 Å². The van der Waals surface area contributed by atoms with Gasteiger partial charge in [0.25, 0.3) is 0 Å². The molecule has 3 N–H and O–H groups in total. The van der Waals surface area contributed by atoms with Crippen LogP contribution in [0.5, 0.6) is 0 Å². The maximum absolute atomic E-state index is 11.5. The van der Waals surface area contributed by atoms with Crippen molar-refractivity contribution in [2.45, 2.75) is 18.7 Å². The molecular weight excluding hydrogens is 272 g/mol. The fourth-order valence-corrected chi connectivity index (χ4v) is 2.56. The maximum Gasteiger partial charge on any atom is 0.175 e. The van der Waals surface area contributed by atoms with Gasteiger partial charge in [-0.3, -0.25) is 0 Å². The van der Waals surface area contributed by atoms with E-state index in [1.54, 1.807) is 12.1 Å². The molecule has 0 aromatic heterocycles. The van der Waals surface area contributed by atoms with Crippen molar-refractivity contribution >= 4 is 26.9 Å². The summed E-state index contributed by atoms with van der Waals surface area (Å²) >= 11 is 0. The summed E-state index contributed by atoms with van der Waals surface area (Å²) < 4.78 is 23.0. The number of sulfone groups is 1. The highest BCUT2D eigenvalue weighted by atomic mass is 32.2. The van der Waals surface area contributed by atoms with Gasteiger partial charge >= 0.3 is 0 Å². The summed E-state index contributed by atoms with van der Waals surface area (Å²) in [5, 5.41) is 3.24. The average Bonchev–Trinajstić information content (AvgIpc) is 2.35. The van der Waals surface area contributed by atoms with E-state index in [2.05, 4.69) is 5.32 Å². The van der Waals surface area contributed by atoms with Gasteiger partial charge in [-0.25, -0.2) is 8.42 Å². The number of nitrogen functional groups attached to an aromatic ring is 1. The molecule has 106 valence electrons. The molecule has 0 saturated heterocycles. The molecule has 0 radical (unpaired) electrons. The van der Waals surface area contributed by atoms with Gasteiger partial charge in [-0.1, -0.05) is 12.1 Å². The second kappa shape index (κ2) is 5.17. The van der Waals surface area contributed by atoms with Crippen LogP contribution in [0.25, 0.3) is 0 Å². The van der Waals surface area contributed by atoms with Gasteiger partial charge < -0.3 is 11.1 Å². The van der Waals surface area contributed by atoms with Crippen molar-refractivity contribution in [1.29, 1.82) is 0 Å². The molecule has 2 rings (SSSR count). The summed E-state index contributed by atoms with van der Waals surface area (Å²) in [5.74, 6) is 0. The standard InChI is InChI=1S/C15H18N2O2S/c1-10-4-5-11(2)15(8-10)17-14-7-6-12(9-13(14)16)20(3,18)19/h4-9,17H,16H2,1-3H3. The number of aryl methyl sites for hydroxylation is 2. The summed E-state index contributed by atoms with van der Waals surface area (Å²) in [5.41, 5.74) is 10.2. The van der Waals surface area contributed by atoms with Crippen LogP contribution in [0.4, 0.5) is 17.1 Å². The van der Waals surface area contributed by atoms with E-state index >= 15 is 0 Å². The highest BCUT2D eigenvalue weighted by Crippen LogP contribution is 2.28. The van der Waals surface area contributed by atoms with Crippen molar-refractivity contribution in [3.63, 3.8) is 0 Å². The SMILES string of the molecule is Cc1ccc(C)c(Nc2ccc(S(C)(=O)=O)cc2N)c1. The van der Waals surface area contributed by atoms with Gasteiger partial charge in [0, 0.05) is 11.9 Å². The molecule has 2 aromatic carbocycles. The van der Waals surface area contributed by atoms with Crippen molar-refractivity contribution in [2.75, 3.05) is 17.3 Å². The molecule has 5 heteroatoms. The minimum atomic E-state index is -3.24. The quantitative estimate of drug-likeness (QED) is 0.852. The van der Waals surface area contributed by atoms with Crippen LogP contribution < -0.4 is 11.1 Å². The largest absolute Gasteiger partial charge is 0.397 e. The van der Waals surface area contributed by atoms with E-state index in [0.29, 0.717) is 11.4 Å². The van der Waals surface area contributed by atoms with E-state index in [4.69, 9.17) is 5.73 Å². The smallest absolute Gasteiger partial charge is 0.175 e. The van der Waals surface area contributed by atoms with E-state index in [9.17, 15) is 8.42 Å². The first-order valence-corrected chi connectivity index (χ1v) is 8.10. The summed E-state index contributed by atoms with van der Waals surface area (Å²) in [7, 11) is -3.24. The molecule has 0 aliphatic heterocycles. The van der Waals surface area contributed by atoms with Crippen molar-refractivity contribution in [3.05, 3.63) is 47.5 Å². The first-order chi connectivity index (χ1) is 9.27. The maximum atomic E-state index is 11.5.